The van der Waals surface area contributed by atoms with E-state index in [0.717, 1.165) is 0 Å². The van der Waals surface area contributed by atoms with Crippen LogP contribution < -0.4 is 0 Å². The molecule has 156 valence electrons. The summed E-state index contributed by atoms with van der Waals surface area (Å²) in [6.45, 7) is 0. The molecule has 0 aromatic rings. The zero-order valence-corrected chi connectivity index (χ0v) is 13.1. The Labute approximate surface area is 138 Å². The van der Waals surface area contributed by atoms with Crippen molar-refractivity contribution in [2.24, 2.45) is 0 Å². The highest BCUT2D eigenvalue weighted by Gasteiger charge is 2.47. The summed E-state index contributed by atoms with van der Waals surface area (Å²) in [5, 5.41) is 0. The fourth-order valence-corrected chi connectivity index (χ4v) is 2.43. The van der Waals surface area contributed by atoms with Gasteiger partial charge in [-0.15, -0.1) is 9.05 Å². The number of rotatable bonds is 8. The first-order valence-corrected chi connectivity index (χ1v) is 7.43. The maximum absolute atomic E-state index is 12.2. The summed E-state index contributed by atoms with van der Waals surface area (Å²) in [5.74, 6) is 0. The Hall–Kier alpha value is -0.820. The zero-order valence-electron chi connectivity index (χ0n) is 12.2. The van der Waals surface area contributed by atoms with Gasteiger partial charge in [0.2, 0.25) is 0 Å². The summed E-state index contributed by atoms with van der Waals surface area (Å²) in [5.41, 5.74) is 0. The molecular weight excluding hydrogens is 427 g/mol. The zero-order chi connectivity index (χ0) is 21.0. The molecule has 0 aromatic carbocycles. The van der Waals surface area contributed by atoms with E-state index >= 15 is 0 Å². The standard InChI is InChI=1S/C10H10F12O3P/c11-7(12,13)1-5(2-8(14,15)16)24-26(23)25-6(3-9(17,18)19)4-10(20,21)22/h5-6H,1-4H2/q+1. The van der Waals surface area contributed by atoms with Gasteiger partial charge in [0.1, 0.15) is 12.2 Å². The van der Waals surface area contributed by atoms with E-state index in [1.54, 1.807) is 0 Å². The molecule has 0 atom stereocenters. The topological polar surface area (TPSA) is 35.5 Å². The van der Waals surface area contributed by atoms with Gasteiger partial charge in [0.05, 0.1) is 25.7 Å². The Balaban J connectivity index is 5.06. The molecule has 0 aliphatic carbocycles. The van der Waals surface area contributed by atoms with Crippen molar-refractivity contribution in [3.8, 4) is 0 Å². The molecule has 0 saturated carbocycles. The van der Waals surface area contributed by atoms with Crippen molar-refractivity contribution >= 4 is 8.25 Å². The minimum absolute atomic E-state index is 2.29. The molecule has 0 amide bonds. The van der Waals surface area contributed by atoms with Crippen LogP contribution in [0.5, 0.6) is 0 Å². The molecule has 0 N–H and O–H groups in total. The maximum Gasteiger partial charge on any atom is 0.697 e. The van der Waals surface area contributed by atoms with Crippen LogP contribution in [0.4, 0.5) is 52.7 Å². The van der Waals surface area contributed by atoms with Crippen LogP contribution in [0.3, 0.4) is 0 Å². The van der Waals surface area contributed by atoms with Crippen LogP contribution in [0, 0.1) is 0 Å². The first-order valence-electron chi connectivity index (χ1n) is 6.33. The van der Waals surface area contributed by atoms with Gasteiger partial charge in [-0.3, -0.25) is 0 Å². The van der Waals surface area contributed by atoms with Gasteiger partial charge in [-0.25, -0.2) is 0 Å². The van der Waals surface area contributed by atoms with E-state index in [-0.39, 0.29) is 0 Å². The minimum Gasteiger partial charge on any atom is -0.171 e. The van der Waals surface area contributed by atoms with E-state index in [1.807, 2.05) is 0 Å². The van der Waals surface area contributed by atoms with Crippen LogP contribution in [0.2, 0.25) is 0 Å². The highest BCUT2D eigenvalue weighted by Crippen LogP contribution is 2.40. The van der Waals surface area contributed by atoms with Crippen molar-refractivity contribution in [2.45, 2.75) is 62.6 Å². The molecule has 0 heterocycles. The van der Waals surface area contributed by atoms with Gasteiger partial charge >= 0.3 is 33.0 Å². The molecule has 3 nitrogen and oxygen atoms in total. The van der Waals surface area contributed by atoms with Crippen molar-refractivity contribution in [1.82, 2.24) is 0 Å². The Morgan fingerprint density at radius 3 is 0.885 bits per heavy atom. The second-order valence-electron chi connectivity index (χ2n) is 4.96. The molecule has 0 rings (SSSR count). The van der Waals surface area contributed by atoms with Gasteiger partial charge in [-0.1, -0.05) is 0 Å². The second-order valence-corrected chi connectivity index (χ2v) is 5.82. The number of hydrogen-bond donors (Lipinski definition) is 0. The van der Waals surface area contributed by atoms with Crippen molar-refractivity contribution in [2.75, 3.05) is 0 Å². The van der Waals surface area contributed by atoms with Crippen molar-refractivity contribution < 1.29 is 66.3 Å². The molecule has 0 fully saturated rings. The monoisotopic (exact) mass is 437 g/mol. The third-order valence-electron chi connectivity index (χ3n) is 2.31. The quantitative estimate of drug-likeness (QED) is 0.334. The molecule has 0 aliphatic heterocycles. The largest absolute Gasteiger partial charge is 0.697 e. The summed E-state index contributed by atoms with van der Waals surface area (Å²) in [4.78, 5) is 0. The van der Waals surface area contributed by atoms with Gasteiger partial charge in [-0.2, -0.15) is 52.7 Å². The van der Waals surface area contributed by atoms with E-state index in [4.69, 9.17) is 0 Å². The average Bonchev–Trinajstić information content (AvgIpc) is 2.16. The van der Waals surface area contributed by atoms with Crippen LogP contribution in [0.15, 0.2) is 0 Å². The number of alkyl halides is 12. The lowest BCUT2D eigenvalue weighted by atomic mass is 10.2. The second kappa shape index (κ2) is 8.91. The van der Waals surface area contributed by atoms with E-state index < -0.39 is 70.9 Å². The van der Waals surface area contributed by atoms with Gasteiger partial charge in [0, 0.05) is 4.57 Å². The van der Waals surface area contributed by atoms with Crippen LogP contribution in [-0.4, -0.2) is 36.9 Å². The fraction of sp³-hybridized carbons (Fsp3) is 1.00. The van der Waals surface area contributed by atoms with Crippen LogP contribution in [-0.2, 0) is 13.6 Å². The summed E-state index contributed by atoms with van der Waals surface area (Å²) < 4.78 is 165. The molecule has 16 heteroatoms. The van der Waals surface area contributed by atoms with Gasteiger partial charge in [-0.05, 0) is 0 Å². The predicted octanol–water partition coefficient (Wildman–Crippen LogP) is 6.22. The molecule has 26 heavy (non-hydrogen) atoms. The highest BCUT2D eigenvalue weighted by molar-refractivity contribution is 7.33. The molecule has 0 aromatic heterocycles. The van der Waals surface area contributed by atoms with Gasteiger partial charge in [0.25, 0.3) is 0 Å². The third kappa shape index (κ3) is 15.4. The van der Waals surface area contributed by atoms with Crippen LogP contribution in [0.1, 0.15) is 25.7 Å². The smallest absolute Gasteiger partial charge is 0.171 e. The molecular formula is C10H10F12O3P+. The lowest BCUT2D eigenvalue weighted by Crippen LogP contribution is -2.28. The Morgan fingerprint density at radius 2 is 0.731 bits per heavy atom. The average molecular weight is 437 g/mol. The molecule has 0 unspecified atom stereocenters. The lowest BCUT2D eigenvalue weighted by molar-refractivity contribution is -0.186. The fourth-order valence-electron chi connectivity index (χ4n) is 1.59. The SMILES string of the molecule is O=[P+](OC(CC(F)(F)F)CC(F)(F)F)OC(CC(F)(F)F)CC(F)(F)F. The molecule has 0 saturated heterocycles. The van der Waals surface area contributed by atoms with Crippen molar-refractivity contribution in [3.63, 3.8) is 0 Å². The summed E-state index contributed by atoms with van der Waals surface area (Å²) >= 11 is 0. The molecule has 0 spiro atoms. The van der Waals surface area contributed by atoms with Crippen molar-refractivity contribution in [3.05, 3.63) is 0 Å². The first-order chi connectivity index (χ1) is 11.3. The minimum atomic E-state index is -5.23. The van der Waals surface area contributed by atoms with Gasteiger partial charge < -0.3 is 0 Å². The summed E-state index contributed by atoms with van der Waals surface area (Å²) in [6, 6.07) is 0. The molecule has 0 radical (unpaired) electrons. The maximum atomic E-state index is 12.2. The highest BCUT2D eigenvalue weighted by atomic mass is 31.1. The van der Waals surface area contributed by atoms with Crippen LogP contribution >= 0.6 is 8.25 Å². The van der Waals surface area contributed by atoms with E-state index in [9.17, 15) is 57.3 Å². The van der Waals surface area contributed by atoms with Crippen LogP contribution in [0.25, 0.3) is 0 Å². The lowest BCUT2D eigenvalue weighted by Gasteiger charge is -2.17. The Kier molecular flexibility index (Phi) is 8.63. The normalized spacial score (nSPS) is 14.4. The molecule has 0 bridgehead atoms. The summed E-state index contributed by atoms with van der Waals surface area (Å²) in [6.07, 6.45) is -35.8. The predicted molar refractivity (Wildman–Crippen MR) is 60.0 cm³/mol. The van der Waals surface area contributed by atoms with Crippen molar-refractivity contribution in [1.29, 1.82) is 0 Å². The first kappa shape index (κ1) is 25.2. The number of halogens is 12. The molecule has 0 aliphatic rings. The van der Waals surface area contributed by atoms with E-state index in [1.165, 1.54) is 0 Å². The Bertz CT molecular complexity index is 380. The summed E-state index contributed by atoms with van der Waals surface area (Å²) in [7, 11) is -4.12. The number of hydrogen-bond acceptors (Lipinski definition) is 3. The van der Waals surface area contributed by atoms with E-state index in [2.05, 4.69) is 9.05 Å². The Morgan fingerprint density at radius 1 is 0.538 bits per heavy atom. The third-order valence-corrected chi connectivity index (χ3v) is 3.25. The van der Waals surface area contributed by atoms with E-state index in [0.29, 0.717) is 0 Å². The van der Waals surface area contributed by atoms with Gasteiger partial charge in [0.15, 0.2) is 0 Å².